The van der Waals surface area contributed by atoms with Crippen molar-refractivity contribution in [2.75, 3.05) is 5.32 Å². The van der Waals surface area contributed by atoms with Gasteiger partial charge in [-0.05, 0) is 31.9 Å². The van der Waals surface area contributed by atoms with Gasteiger partial charge in [-0.2, -0.15) is 0 Å². The van der Waals surface area contributed by atoms with Crippen molar-refractivity contribution in [3.63, 3.8) is 0 Å². The Bertz CT molecular complexity index is 642. The molecule has 0 radical (unpaired) electrons. The molecule has 1 heterocycles. The van der Waals surface area contributed by atoms with Crippen LogP contribution in [0.25, 0.3) is 5.57 Å². The molecule has 1 N–H and O–H groups in total. The lowest BCUT2D eigenvalue weighted by molar-refractivity contribution is 0.0635. The van der Waals surface area contributed by atoms with Crippen LogP contribution in [0.4, 0.5) is 10.6 Å². The first-order valence-electron chi connectivity index (χ1n) is 6.55. The molecule has 0 aliphatic heterocycles. The van der Waals surface area contributed by atoms with Crippen molar-refractivity contribution in [3.8, 4) is 0 Å². The Kier molecular flexibility index (Phi) is 4.43. The number of anilines is 1. The lowest BCUT2D eigenvalue weighted by atomic mass is 10.1. The first-order valence-corrected chi connectivity index (χ1v) is 7.43. The number of carbonyl (C=O) groups excluding carboxylic acids is 1. The molecule has 1 amide bonds. The average Bonchev–Trinajstić information content (AvgIpc) is 2.84. The van der Waals surface area contributed by atoms with Gasteiger partial charge < -0.3 is 4.74 Å². The van der Waals surface area contributed by atoms with Crippen molar-refractivity contribution >= 4 is 28.8 Å². The highest BCUT2D eigenvalue weighted by Crippen LogP contribution is 2.31. The molecule has 1 aromatic carbocycles. The van der Waals surface area contributed by atoms with Gasteiger partial charge in [-0.1, -0.05) is 36.9 Å². The molecular formula is C16H18N2O2S. The SMILES string of the molecule is C=C(c1ccccc1)c1scnc1NC(=O)OC(C)(C)C. The highest BCUT2D eigenvalue weighted by molar-refractivity contribution is 7.11. The quantitative estimate of drug-likeness (QED) is 0.904. The van der Waals surface area contributed by atoms with Crippen LogP contribution >= 0.6 is 11.3 Å². The summed E-state index contributed by atoms with van der Waals surface area (Å²) in [6.45, 7) is 9.54. The number of hydrogen-bond donors (Lipinski definition) is 1. The molecular weight excluding hydrogens is 284 g/mol. The van der Waals surface area contributed by atoms with Gasteiger partial charge in [0.25, 0.3) is 0 Å². The molecule has 0 spiro atoms. The minimum absolute atomic E-state index is 0.475. The summed E-state index contributed by atoms with van der Waals surface area (Å²) >= 11 is 1.43. The number of nitrogens with zero attached hydrogens (tertiary/aromatic N) is 1. The third-order valence-corrected chi connectivity index (χ3v) is 3.47. The van der Waals surface area contributed by atoms with Crippen LogP contribution in [0.5, 0.6) is 0 Å². The summed E-state index contributed by atoms with van der Waals surface area (Å²) < 4.78 is 5.24. The van der Waals surface area contributed by atoms with Crippen LogP contribution < -0.4 is 5.32 Å². The van der Waals surface area contributed by atoms with Crippen LogP contribution in [-0.2, 0) is 4.74 Å². The lowest BCUT2D eigenvalue weighted by Gasteiger charge is -2.19. The van der Waals surface area contributed by atoms with E-state index < -0.39 is 11.7 Å². The molecule has 0 bridgehead atoms. The Morgan fingerprint density at radius 3 is 2.57 bits per heavy atom. The number of aromatic nitrogens is 1. The van der Waals surface area contributed by atoms with E-state index in [1.54, 1.807) is 5.51 Å². The first kappa shape index (κ1) is 15.3. The van der Waals surface area contributed by atoms with Gasteiger partial charge in [0, 0.05) is 0 Å². The molecule has 5 heteroatoms. The highest BCUT2D eigenvalue weighted by atomic mass is 32.1. The van der Waals surface area contributed by atoms with Gasteiger partial charge in [0.2, 0.25) is 0 Å². The zero-order valence-corrected chi connectivity index (χ0v) is 13.2. The molecule has 110 valence electrons. The predicted molar refractivity (Wildman–Crippen MR) is 86.5 cm³/mol. The fraction of sp³-hybridized carbons (Fsp3) is 0.250. The van der Waals surface area contributed by atoms with E-state index in [1.807, 2.05) is 51.1 Å². The first-order chi connectivity index (χ1) is 9.87. The van der Waals surface area contributed by atoms with Crippen molar-refractivity contribution in [2.24, 2.45) is 0 Å². The smallest absolute Gasteiger partial charge is 0.413 e. The van der Waals surface area contributed by atoms with E-state index in [9.17, 15) is 4.79 Å². The normalized spacial score (nSPS) is 11.0. The molecule has 2 rings (SSSR count). The van der Waals surface area contributed by atoms with E-state index in [0.29, 0.717) is 5.82 Å². The van der Waals surface area contributed by atoms with Crippen LogP contribution in [0, 0.1) is 0 Å². The highest BCUT2D eigenvalue weighted by Gasteiger charge is 2.19. The minimum Gasteiger partial charge on any atom is -0.444 e. The summed E-state index contributed by atoms with van der Waals surface area (Å²) in [7, 11) is 0. The second-order valence-corrected chi connectivity index (χ2v) is 6.36. The molecule has 0 fully saturated rings. The van der Waals surface area contributed by atoms with E-state index in [-0.39, 0.29) is 0 Å². The second kappa shape index (κ2) is 6.10. The standard InChI is InChI=1S/C16H18N2O2S/c1-11(12-8-6-5-7-9-12)13-14(17-10-21-13)18-15(19)20-16(2,3)4/h5-10H,1H2,2-4H3,(H,18,19). The van der Waals surface area contributed by atoms with E-state index in [1.165, 1.54) is 11.3 Å². The maximum Gasteiger partial charge on any atom is 0.413 e. The topological polar surface area (TPSA) is 51.2 Å². The summed E-state index contributed by atoms with van der Waals surface area (Å²) in [6.07, 6.45) is -0.518. The summed E-state index contributed by atoms with van der Waals surface area (Å²) in [5.41, 5.74) is 2.95. The molecule has 0 atom stereocenters. The Labute approximate surface area is 128 Å². The Balaban J connectivity index is 2.16. The number of benzene rings is 1. The number of rotatable bonds is 3. The van der Waals surface area contributed by atoms with E-state index in [2.05, 4.69) is 16.9 Å². The summed E-state index contributed by atoms with van der Waals surface area (Å²) in [4.78, 5) is 16.8. The van der Waals surface area contributed by atoms with Crippen molar-refractivity contribution in [3.05, 3.63) is 52.9 Å². The molecule has 21 heavy (non-hydrogen) atoms. The summed E-state index contributed by atoms with van der Waals surface area (Å²) in [5, 5.41) is 2.68. The van der Waals surface area contributed by atoms with Gasteiger partial charge >= 0.3 is 6.09 Å². The second-order valence-electron chi connectivity index (χ2n) is 5.50. The molecule has 4 nitrogen and oxygen atoms in total. The summed E-state index contributed by atoms with van der Waals surface area (Å²) in [5.74, 6) is 0.475. The van der Waals surface area contributed by atoms with Crippen LogP contribution in [0.1, 0.15) is 31.2 Å². The largest absolute Gasteiger partial charge is 0.444 e. The Hall–Kier alpha value is -2.14. The van der Waals surface area contributed by atoms with E-state index in [4.69, 9.17) is 4.74 Å². The molecule has 0 aliphatic carbocycles. The maximum atomic E-state index is 11.8. The van der Waals surface area contributed by atoms with Gasteiger partial charge in [0.05, 0.1) is 10.4 Å². The average molecular weight is 302 g/mol. The van der Waals surface area contributed by atoms with Gasteiger partial charge in [-0.3, -0.25) is 5.32 Å². The van der Waals surface area contributed by atoms with E-state index >= 15 is 0 Å². The van der Waals surface area contributed by atoms with Crippen molar-refractivity contribution < 1.29 is 9.53 Å². The van der Waals surface area contributed by atoms with Crippen LogP contribution in [0.2, 0.25) is 0 Å². The van der Waals surface area contributed by atoms with Crippen molar-refractivity contribution in [2.45, 2.75) is 26.4 Å². The monoisotopic (exact) mass is 302 g/mol. The Morgan fingerprint density at radius 2 is 1.95 bits per heavy atom. The van der Waals surface area contributed by atoms with Crippen molar-refractivity contribution in [1.82, 2.24) is 4.98 Å². The third-order valence-electron chi connectivity index (χ3n) is 2.58. The molecule has 2 aromatic rings. The number of nitrogens with one attached hydrogen (secondary N) is 1. The van der Waals surface area contributed by atoms with Gasteiger partial charge in [-0.15, -0.1) is 11.3 Å². The third kappa shape index (κ3) is 4.16. The zero-order valence-electron chi connectivity index (χ0n) is 12.3. The molecule has 0 aliphatic rings. The van der Waals surface area contributed by atoms with E-state index in [0.717, 1.165) is 16.0 Å². The predicted octanol–water partition coefficient (Wildman–Crippen LogP) is 4.55. The molecule has 0 saturated heterocycles. The van der Waals surface area contributed by atoms with Crippen LogP contribution in [0.3, 0.4) is 0 Å². The van der Waals surface area contributed by atoms with Gasteiger partial charge in [0.1, 0.15) is 5.60 Å². The molecule has 0 unspecified atom stereocenters. The number of hydrogen-bond acceptors (Lipinski definition) is 4. The molecule has 0 saturated carbocycles. The van der Waals surface area contributed by atoms with Crippen molar-refractivity contribution in [1.29, 1.82) is 0 Å². The zero-order chi connectivity index (χ0) is 15.5. The number of carbonyl (C=O) groups is 1. The van der Waals surface area contributed by atoms with Gasteiger partial charge in [0.15, 0.2) is 5.82 Å². The minimum atomic E-state index is -0.545. The molecule has 1 aromatic heterocycles. The van der Waals surface area contributed by atoms with Crippen LogP contribution in [0.15, 0.2) is 42.4 Å². The summed E-state index contributed by atoms with van der Waals surface area (Å²) in [6, 6.07) is 9.78. The van der Waals surface area contributed by atoms with Crippen LogP contribution in [-0.4, -0.2) is 16.7 Å². The fourth-order valence-electron chi connectivity index (χ4n) is 1.72. The van der Waals surface area contributed by atoms with Gasteiger partial charge in [-0.25, -0.2) is 9.78 Å². The Morgan fingerprint density at radius 1 is 1.29 bits per heavy atom. The fourth-order valence-corrected chi connectivity index (χ4v) is 2.46. The maximum absolute atomic E-state index is 11.8. The number of amides is 1. The number of thiazole rings is 1. The lowest BCUT2D eigenvalue weighted by Crippen LogP contribution is -2.27. The number of ether oxygens (including phenoxy) is 1.